The fraction of sp³-hybridized carbons (Fsp3) is 0.750. The lowest BCUT2D eigenvalue weighted by Crippen LogP contribution is -2.41. The molecule has 2 heterocycles. The third-order valence-electron chi connectivity index (χ3n) is 3.90. The van der Waals surface area contributed by atoms with E-state index in [-0.39, 0.29) is 17.4 Å². The van der Waals surface area contributed by atoms with E-state index in [4.69, 9.17) is 10.5 Å². The van der Waals surface area contributed by atoms with Crippen LogP contribution in [0, 0.1) is 0 Å². The Hall–Kier alpha value is -0.980. The Morgan fingerprint density at radius 3 is 2.73 bits per heavy atom. The zero-order valence-electron chi connectivity index (χ0n) is 13.8. The average molecular weight is 325 g/mol. The number of carbonyl (C=O) groups is 1. The standard InChI is InChI=1S/C16H27N3O2S/c1-16(2,3)14-13(22-11-18-14)15(20)19-8-5-12(6-9-19)21-10-4-7-17/h11-12H,4-10,17H2,1-3H3. The number of nitrogens with two attached hydrogens (primary N) is 1. The molecule has 1 aliphatic heterocycles. The number of hydrogen-bond donors (Lipinski definition) is 1. The van der Waals surface area contributed by atoms with Crippen molar-refractivity contribution in [1.82, 2.24) is 9.88 Å². The number of thiazole rings is 1. The van der Waals surface area contributed by atoms with E-state index in [2.05, 4.69) is 25.8 Å². The van der Waals surface area contributed by atoms with Gasteiger partial charge >= 0.3 is 0 Å². The Labute approximate surface area is 136 Å². The summed E-state index contributed by atoms with van der Waals surface area (Å²) in [5.41, 5.74) is 8.05. The molecule has 6 heteroatoms. The monoisotopic (exact) mass is 325 g/mol. The number of hydrogen-bond acceptors (Lipinski definition) is 5. The minimum Gasteiger partial charge on any atom is -0.378 e. The zero-order chi connectivity index (χ0) is 16.2. The number of carbonyl (C=O) groups excluding carboxylic acids is 1. The molecule has 1 fully saturated rings. The Morgan fingerprint density at radius 2 is 2.14 bits per heavy atom. The molecular formula is C16H27N3O2S. The summed E-state index contributed by atoms with van der Waals surface area (Å²) in [7, 11) is 0. The summed E-state index contributed by atoms with van der Waals surface area (Å²) in [6, 6.07) is 0. The van der Waals surface area contributed by atoms with Gasteiger partial charge in [-0.1, -0.05) is 20.8 Å². The molecule has 0 spiro atoms. The van der Waals surface area contributed by atoms with Crippen LogP contribution in [0.1, 0.15) is 55.4 Å². The summed E-state index contributed by atoms with van der Waals surface area (Å²) in [5.74, 6) is 0.118. The average Bonchev–Trinajstić information content (AvgIpc) is 2.97. The van der Waals surface area contributed by atoms with Crippen molar-refractivity contribution in [2.75, 3.05) is 26.2 Å². The van der Waals surface area contributed by atoms with Gasteiger partial charge in [-0.25, -0.2) is 4.98 Å². The van der Waals surface area contributed by atoms with E-state index in [1.807, 2.05) is 4.90 Å². The molecule has 1 saturated heterocycles. The Morgan fingerprint density at radius 1 is 1.45 bits per heavy atom. The fourth-order valence-electron chi connectivity index (χ4n) is 2.63. The third-order valence-corrected chi connectivity index (χ3v) is 4.72. The number of piperidine rings is 1. The van der Waals surface area contributed by atoms with Crippen molar-refractivity contribution in [1.29, 1.82) is 0 Å². The molecule has 0 saturated carbocycles. The van der Waals surface area contributed by atoms with E-state index >= 15 is 0 Å². The lowest BCUT2D eigenvalue weighted by Gasteiger charge is -2.32. The number of aromatic nitrogens is 1. The van der Waals surface area contributed by atoms with Gasteiger partial charge in [0.15, 0.2) is 0 Å². The molecule has 2 N–H and O–H groups in total. The summed E-state index contributed by atoms with van der Waals surface area (Å²) in [5, 5.41) is 0. The van der Waals surface area contributed by atoms with Gasteiger partial charge in [-0.3, -0.25) is 4.79 Å². The van der Waals surface area contributed by atoms with Crippen molar-refractivity contribution < 1.29 is 9.53 Å². The van der Waals surface area contributed by atoms with E-state index < -0.39 is 0 Å². The minimum absolute atomic E-state index is 0.103. The van der Waals surface area contributed by atoms with Gasteiger partial charge in [0.05, 0.1) is 17.3 Å². The van der Waals surface area contributed by atoms with Gasteiger partial charge in [-0.15, -0.1) is 11.3 Å². The van der Waals surface area contributed by atoms with Crippen LogP contribution in [-0.4, -0.2) is 48.1 Å². The second kappa shape index (κ2) is 7.53. The smallest absolute Gasteiger partial charge is 0.265 e. The van der Waals surface area contributed by atoms with E-state index in [1.54, 1.807) is 5.51 Å². The number of nitrogens with zero attached hydrogens (tertiary/aromatic N) is 2. The second-order valence-corrected chi connectivity index (χ2v) is 7.64. The molecule has 0 radical (unpaired) electrons. The lowest BCUT2D eigenvalue weighted by atomic mass is 9.91. The van der Waals surface area contributed by atoms with Crippen molar-refractivity contribution >= 4 is 17.2 Å². The predicted octanol–water partition coefficient (Wildman–Crippen LogP) is 2.41. The third kappa shape index (κ3) is 4.27. The van der Waals surface area contributed by atoms with Crippen LogP contribution in [0.3, 0.4) is 0 Å². The largest absolute Gasteiger partial charge is 0.378 e. The van der Waals surface area contributed by atoms with Crippen LogP contribution < -0.4 is 5.73 Å². The van der Waals surface area contributed by atoms with Gasteiger partial charge in [-0.05, 0) is 25.8 Å². The van der Waals surface area contributed by atoms with Crippen LogP contribution in [0.15, 0.2) is 5.51 Å². The quantitative estimate of drug-likeness (QED) is 0.844. The molecule has 0 aliphatic carbocycles. The second-order valence-electron chi connectivity index (χ2n) is 6.78. The van der Waals surface area contributed by atoms with Gasteiger partial charge in [0.1, 0.15) is 4.88 Å². The summed E-state index contributed by atoms with van der Waals surface area (Å²) < 4.78 is 5.79. The first-order chi connectivity index (χ1) is 10.4. The molecule has 124 valence electrons. The summed E-state index contributed by atoms with van der Waals surface area (Å²) in [4.78, 5) is 19.9. The highest BCUT2D eigenvalue weighted by Gasteiger charge is 2.30. The zero-order valence-corrected chi connectivity index (χ0v) is 14.6. The Balaban J connectivity index is 1.92. The van der Waals surface area contributed by atoms with Gasteiger partial charge in [0, 0.05) is 25.1 Å². The number of likely N-dealkylation sites (tertiary alicyclic amines) is 1. The van der Waals surface area contributed by atoms with E-state index in [9.17, 15) is 4.79 Å². The summed E-state index contributed by atoms with van der Waals surface area (Å²) >= 11 is 1.45. The SMILES string of the molecule is CC(C)(C)c1ncsc1C(=O)N1CCC(OCCCN)CC1. The first-order valence-electron chi connectivity index (χ1n) is 7.98. The van der Waals surface area contributed by atoms with Gasteiger partial charge in [0.2, 0.25) is 0 Å². The number of amides is 1. The van der Waals surface area contributed by atoms with Crippen LogP contribution in [0.4, 0.5) is 0 Å². The van der Waals surface area contributed by atoms with Crippen molar-refractivity contribution in [3.05, 3.63) is 16.1 Å². The number of rotatable bonds is 5. The Bertz CT molecular complexity index is 488. The summed E-state index contributed by atoms with van der Waals surface area (Å²) in [6.07, 6.45) is 2.97. The topological polar surface area (TPSA) is 68.5 Å². The van der Waals surface area contributed by atoms with Gasteiger partial charge < -0.3 is 15.4 Å². The molecule has 0 bridgehead atoms. The molecular weight excluding hydrogens is 298 g/mol. The van der Waals surface area contributed by atoms with Crippen molar-refractivity contribution in [3.8, 4) is 0 Å². The molecule has 1 aromatic heterocycles. The van der Waals surface area contributed by atoms with Gasteiger partial charge in [0.25, 0.3) is 5.91 Å². The van der Waals surface area contributed by atoms with E-state index in [1.165, 1.54) is 11.3 Å². The molecule has 0 atom stereocenters. The van der Waals surface area contributed by atoms with Crippen molar-refractivity contribution in [3.63, 3.8) is 0 Å². The molecule has 0 unspecified atom stereocenters. The fourth-order valence-corrected chi connectivity index (χ4v) is 3.60. The van der Waals surface area contributed by atoms with Crippen LogP contribution in [0.2, 0.25) is 0 Å². The highest BCUT2D eigenvalue weighted by atomic mass is 32.1. The highest BCUT2D eigenvalue weighted by molar-refractivity contribution is 7.11. The maximum atomic E-state index is 12.7. The van der Waals surface area contributed by atoms with Crippen LogP contribution in [-0.2, 0) is 10.2 Å². The molecule has 5 nitrogen and oxygen atoms in total. The molecule has 1 amide bonds. The van der Waals surface area contributed by atoms with Gasteiger partial charge in [-0.2, -0.15) is 0 Å². The van der Waals surface area contributed by atoms with Crippen molar-refractivity contribution in [2.24, 2.45) is 5.73 Å². The molecule has 0 aromatic carbocycles. The van der Waals surface area contributed by atoms with E-state index in [0.717, 1.165) is 49.5 Å². The van der Waals surface area contributed by atoms with Crippen LogP contribution >= 0.6 is 11.3 Å². The molecule has 2 rings (SSSR count). The summed E-state index contributed by atoms with van der Waals surface area (Å²) in [6.45, 7) is 9.18. The molecule has 22 heavy (non-hydrogen) atoms. The first kappa shape index (κ1) is 17.4. The predicted molar refractivity (Wildman–Crippen MR) is 89.4 cm³/mol. The highest BCUT2D eigenvalue weighted by Crippen LogP contribution is 2.29. The van der Waals surface area contributed by atoms with Crippen molar-refractivity contribution in [2.45, 2.75) is 51.6 Å². The maximum Gasteiger partial charge on any atom is 0.265 e. The minimum atomic E-state index is -0.103. The number of ether oxygens (including phenoxy) is 1. The van der Waals surface area contributed by atoms with Crippen LogP contribution in [0.25, 0.3) is 0 Å². The van der Waals surface area contributed by atoms with Crippen LogP contribution in [0.5, 0.6) is 0 Å². The molecule has 1 aromatic rings. The molecule has 1 aliphatic rings. The normalized spacial score (nSPS) is 17.0. The first-order valence-corrected chi connectivity index (χ1v) is 8.86. The maximum absolute atomic E-state index is 12.7. The van der Waals surface area contributed by atoms with E-state index in [0.29, 0.717) is 6.54 Å². The lowest BCUT2D eigenvalue weighted by molar-refractivity contribution is 0.00851. The Kier molecular flexibility index (Phi) is 5.94.